The molecular weight excluding hydrogens is 297 g/mol. The Morgan fingerprint density at radius 2 is 2.11 bits per heavy atom. The first-order valence-corrected chi connectivity index (χ1v) is 7.46. The van der Waals surface area contributed by atoms with Crippen LogP contribution in [0.5, 0.6) is 0 Å². The molecule has 4 heteroatoms. The predicted octanol–water partition coefficient (Wildman–Crippen LogP) is 3.58. The third-order valence-electron chi connectivity index (χ3n) is 3.45. The summed E-state index contributed by atoms with van der Waals surface area (Å²) in [5, 5.41) is 0.688. The van der Waals surface area contributed by atoms with Gasteiger partial charge in [0.2, 0.25) is 0 Å². The molecule has 0 N–H and O–H groups in total. The predicted molar refractivity (Wildman–Crippen MR) is 75.8 cm³/mol. The third kappa shape index (κ3) is 3.45. The second-order valence-electron chi connectivity index (χ2n) is 4.86. The molecule has 1 fully saturated rings. The summed E-state index contributed by atoms with van der Waals surface area (Å²) >= 11 is 3.34. The van der Waals surface area contributed by atoms with E-state index in [2.05, 4.69) is 15.9 Å². The van der Waals surface area contributed by atoms with Gasteiger partial charge in [0, 0.05) is 32.1 Å². The van der Waals surface area contributed by atoms with E-state index in [-0.39, 0.29) is 5.82 Å². The smallest absolute Gasteiger partial charge is 0.146 e. The molecule has 0 spiro atoms. The minimum absolute atomic E-state index is 0.137. The first-order chi connectivity index (χ1) is 8.70. The summed E-state index contributed by atoms with van der Waals surface area (Å²) in [6, 6.07) is 5.43. The van der Waals surface area contributed by atoms with Crippen molar-refractivity contribution in [3.05, 3.63) is 29.6 Å². The topological polar surface area (TPSA) is 12.5 Å². The van der Waals surface area contributed by atoms with Crippen molar-refractivity contribution in [1.82, 2.24) is 0 Å². The fourth-order valence-electron chi connectivity index (χ4n) is 2.36. The quantitative estimate of drug-likeness (QED) is 0.787. The van der Waals surface area contributed by atoms with Gasteiger partial charge in [-0.25, -0.2) is 4.39 Å². The van der Waals surface area contributed by atoms with Crippen molar-refractivity contribution >= 4 is 21.6 Å². The number of halogens is 2. The zero-order valence-electron chi connectivity index (χ0n) is 10.7. The van der Waals surface area contributed by atoms with E-state index < -0.39 is 0 Å². The zero-order valence-corrected chi connectivity index (χ0v) is 12.2. The molecule has 1 aromatic rings. The van der Waals surface area contributed by atoms with E-state index in [1.165, 1.54) is 0 Å². The van der Waals surface area contributed by atoms with Crippen molar-refractivity contribution in [2.75, 3.05) is 31.7 Å². The number of hydrogen-bond donors (Lipinski definition) is 0. The Kier molecular flexibility index (Phi) is 5.01. The lowest BCUT2D eigenvalue weighted by Crippen LogP contribution is -2.30. The summed E-state index contributed by atoms with van der Waals surface area (Å²) in [7, 11) is 1.96. The average Bonchev–Trinajstić information content (AvgIpc) is 2.39. The summed E-state index contributed by atoms with van der Waals surface area (Å²) in [4.78, 5) is 2.02. The van der Waals surface area contributed by atoms with E-state index in [1.54, 1.807) is 6.07 Å². The molecule has 1 aliphatic rings. The van der Waals surface area contributed by atoms with Gasteiger partial charge in [-0.3, -0.25) is 0 Å². The van der Waals surface area contributed by atoms with Crippen LogP contribution in [0, 0.1) is 11.7 Å². The summed E-state index contributed by atoms with van der Waals surface area (Å²) in [5.74, 6) is 0.473. The molecule has 0 saturated carbocycles. The summed E-state index contributed by atoms with van der Waals surface area (Å²) in [6.07, 6.45) is 2.15. The molecule has 0 atom stereocenters. The Balaban J connectivity index is 2.01. The zero-order chi connectivity index (χ0) is 13.0. The second-order valence-corrected chi connectivity index (χ2v) is 5.42. The number of nitrogens with zero attached hydrogens (tertiary/aromatic N) is 1. The molecule has 1 saturated heterocycles. The van der Waals surface area contributed by atoms with Crippen LogP contribution in [-0.2, 0) is 10.1 Å². The van der Waals surface area contributed by atoms with Gasteiger partial charge in [-0.1, -0.05) is 22.0 Å². The molecule has 0 unspecified atom stereocenters. The normalized spacial score (nSPS) is 16.8. The lowest BCUT2D eigenvalue weighted by atomic mass is 9.99. The minimum atomic E-state index is -0.137. The molecule has 0 amide bonds. The highest BCUT2D eigenvalue weighted by Gasteiger charge is 2.17. The van der Waals surface area contributed by atoms with E-state index in [1.807, 2.05) is 24.1 Å². The van der Waals surface area contributed by atoms with Crippen molar-refractivity contribution in [2.24, 2.45) is 5.92 Å². The van der Waals surface area contributed by atoms with Crippen molar-refractivity contribution in [1.29, 1.82) is 0 Å². The molecule has 18 heavy (non-hydrogen) atoms. The molecule has 0 aromatic heterocycles. The van der Waals surface area contributed by atoms with Crippen LogP contribution >= 0.6 is 15.9 Å². The van der Waals surface area contributed by atoms with Gasteiger partial charge in [-0.15, -0.1) is 0 Å². The molecule has 1 aromatic carbocycles. The van der Waals surface area contributed by atoms with Gasteiger partial charge in [-0.2, -0.15) is 0 Å². The molecule has 0 radical (unpaired) electrons. The molecule has 0 bridgehead atoms. The molecule has 2 rings (SSSR count). The Morgan fingerprint density at radius 3 is 2.72 bits per heavy atom. The third-order valence-corrected chi connectivity index (χ3v) is 4.10. The van der Waals surface area contributed by atoms with Crippen LogP contribution in [0.4, 0.5) is 10.1 Å². The fraction of sp³-hybridized carbons (Fsp3) is 0.571. The van der Waals surface area contributed by atoms with Crippen molar-refractivity contribution in [2.45, 2.75) is 18.2 Å². The second kappa shape index (κ2) is 6.53. The molecule has 1 heterocycles. The molecule has 1 aliphatic heterocycles. The van der Waals surface area contributed by atoms with Crippen molar-refractivity contribution < 1.29 is 9.13 Å². The number of benzene rings is 1. The molecule has 2 nitrogen and oxygen atoms in total. The lowest BCUT2D eigenvalue weighted by Gasteiger charge is -2.28. The first-order valence-electron chi connectivity index (χ1n) is 6.34. The number of rotatable bonds is 4. The highest BCUT2D eigenvalue weighted by molar-refractivity contribution is 9.08. The van der Waals surface area contributed by atoms with Gasteiger partial charge in [-0.05, 0) is 36.5 Å². The van der Waals surface area contributed by atoms with Crippen LogP contribution in [0.2, 0.25) is 0 Å². The summed E-state index contributed by atoms with van der Waals surface area (Å²) in [6.45, 7) is 2.57. The van der Waals surface area contributed by atoms with Crippen LogP contribution in [0.1, 0.15) is 18.4 Å². The van der Waals surface area contributed by atoms with E-state index in [0.717, 1.165) is 38.2 Å². The van der Waals surface area contributed by atoms with Gasteiger partial charge in [0.05, 0.1) is 5.69 Å². The van der Waals surface area contributed by atoms with E-state index in [9.17, 15) is 4.39 Å². The number of anilines is 1. The number of ether oxygens (including phenoxy) is 1. The van der Waals surface area contributed by atoms with E-state index in [0.29, 0.717) is 16.9 Å². The summed E-state index contributed by atoms with van der Waals surface area (Å²) in [5.41, 5.74) is 1.65. The summed E-state index contributed by atoms with van der Waals surface area (Å²) < 4.78 is 19.3. The fourth-order valence-corrected chi connectivity index (χ4v) is 2.71. The highest BCUT2D eigenvalue weighted by Crippen LogP contribution is 2.23. The van der Waals surface area contributed by atoms with Crippen molar-refractivity contribution in [3.63, 3.8) is 0 Å². The number of hydrogen-bond acceptors (Lipinski definition) is 2. The Morgan fingerprint density at radius 1 is 1.39 bits per heavy atom. The van der Waals surface area contributed by atoms with Gasteiger partial charge in [0.15, 0.2) is 0 Å². The van der Waals surface area contributed by atoms with Crippen LogP contribution in [-0.4, -0.2) is 26.8 Å². The average molecular weight is 316 g/mol. The van der Waals surface area contributed by atoms with Crippen LogP contribution in [0.3, 0.4) is 0 Å². The Labute approximate surface area is 116 Å². The maximum absolute atomic E-state index is 14.0. The monoisotopic (exact) mass is 315 g/mol. The minimum Gasteiger partial charge on any atom is -0.381 e. The van der Waals surface area contributed by atoms with E-state index in [4.69, 9.17) is 4.74 Å². The lowest BCUT2D eigenvalue weighted by molar-refractivity contribution is 0.0685. The molecular formula is C14H19BrFNO. The van der Waals surface area contributed by atoms with Crippen molar-refractivity contribution in [3.8, 4) is 0 Å². The maximum Gasteiger partial charge on any atom is 0.146 e. The Hall–Kier alpha value is -0.610. The molecule has 0 aliphatic carbocycles. The standard InChI is InChI=1S/C14H19BrFNO/c1-17(10-11-4-6-18-7-5-11)14-3-2-12(9-15)8-13(14)16/h2-3,8,11H,4-7,9-10H2,1H3. The van der Waals surface area contributed by atoms with Gasteiger partial charge in [0.25, 0.3) is 0 Å². The Bertz CT molecular complexity index is 393. The molecule has 100 valence electrons. The van der Waals surface area contributed by atoms with Crippen LogP contribution in [0.15, 0.2) is 18.2 Å². The number of alkyl halides is 1. The first kappa shape index (κ1) is 13.8. The highest BCUT2D eigenvalue weighted by atomic mass is 79.9. The van der Waals surface area contributed by atoms with Gasteiger partial charge in [0.1, 0.15) is 5.82 Å². The SMILES string of the molecule is CN(CC1CCOCC1)c1ccc(CBr)cc1F. The van der Waals surface area contributed by atoms with Gasteiger partial charge >= 0.3 is 0 Å². The van der Waals surface area contributed by atoms with E-state index >= 15 is 0 Å². The largest absolute Gasteiger partial charge is 0.381 e. The maximum atomic E-state index is 14.0. The van der Waals surface area contributed by atoms with Crippen LogP contribution < -0.4 is 4.90 Å². The van der Waals surface area contributed by atoms with Gasteiger partial charge < -0.3 is 9.64 Å². The van der Waals surface area contributed by atoms with Crippen LogP contribution in [0.25, 0.3) is 0 Å².